The Morgan fingerprint density at radius 3 is 2.57 bits per heavy atom. The quantitative estimate of drug-likeness (QED) is 0.513. The van der Waals surface area contributed by atoms with Crippen molar-refractivity contribution in [2.45, 2.75) is 4.90 Å². The molecular weight excluding hydrogens is 294 g/mol. The smallest absolute Gasteiger partial charge is 0.339 e. The number of rotatable bonds is 5. The maximum Gasteiger partial charge on any atom is 0.339 e. The van der Waals surface area contributed by atoms with Crippen LogP contribution < -0.4 is 4.74 Å². The lowest BCUT2D eigenvalue weighted by Crippen LogP contribution is -2.02. The lowest BCUT2D eigenvalue weighted by atomic mass is 10.2. The normalized spacial score (nSPS) is 10.1. The number of nitro groups is 1. The van der Waals surface area contributed by atoms with E-state index in [-0.39, 0.29) is 17.0 Å². The van der Waals surface area contributed by atoms with Crippen LogP contribution in [0, 0.1) is 10.1 Å². The fraction of sp³-hybridized carbons (Fsp3) is 0.0714. The first-order valence-electron chi connectivity index (χ1n) is 5.85. The zero-order valence-electron chi connectivity index (χ0n) is 11.0. The van der Waals surface area contributed by atoms with Crippen molar-refractivity contribution in [3.8, 4) is 11.5 Å². The summed E-state index contributed by atoms with van der Waals surface area (Å²) in [5.41, 5.74) is -0.544. The van der Waals surface area contributed by atoms with Gasteiger partial charge in [0, 0.05) is 17.0 Å². The Balaban J connectivity index is 2.44. The van der Waals surface area contributed by atoms with Gasteiger partial charge in [-0.1, -0.05) is 12.1 Å². The summed E-state index contributed by atoms with van der Waals surface area (Å²) >= 11 is 1.46. The summed E-state index contributed by atoms with van der Waals surface area (Å²) in [5.74, 6) is -0.716. The molecule has 0 radical (unpaired) electrons. The van der Waals surface area contributed by atoms with Crippen molar-refractivity contribution < 1.29 is 19.6 Å². The summed E-state index contributed by atoms with van der Waals surface area (Å²) < 4.78 is 5.60. The number of hydrogen-bond donors (Lipinski definition) is 1. The number of carboxylic acids is 1. The average molecular weight is 305 g/mol. The molecule has 2 rings (SSSR count). The number of para-hydroxylation sites is 1. The van der Waals surface area contributed by atoms with E-state index in [1.807, 2.05) is 18.4 Å². The van der Waals surface area contributed by atoms with Gasteiger partial charge in [-0.25, -0.2) is 4.79 Å². The van der Waals surface area contributed by atoms with Crippen LogP contribution in [0.4, 0.5) is 5.69 Å². The summed E-state index contributed by atoms with van der Waals surface area (Å²) in [4.78, 5) is 22.1. The molecule has 2 aromatic carbocycles. The molecule has 0 bridgehead atoms. The third kappa shape index (κ3) is 3.32. The highest BCUT2D eigenvalue weighted by molar-refractivity contribution is 7.98. The van der Waals surface area contributed by atoms with E-state index in [0.717, 1.165) is 11.0 Å². The highest BCUT2D eigenvalue weighted by Crippen LogP contribution is 2.34. The van der Waals surface area contributed by atoms with Gasteiger partial charge in [-0.05, 0) is 24.5 Å². The predicted octanol–water partition coefficient (Wildman–Crippen LogP) is 3.81. The van der Waals surface area contributed by atoms with E-state index in [0.29, 0.717) is 5.75 Å². The van der Waals surface area contributed by atoms with Crippen LogP contribution in [0.3, 0.4) is 0 Å². The molecule has 108 valence electrons. The SMILES string of the molecule is CSc1ccccc1Oc1ccc([N+](=O)[O-])cc1C(=O)O. The molecule has 0 aliphatic carbocycles. The molecule has 7 heteroatoms. The van der Waals surface area contributed by atoms with Crippen molar-refractivity contribution >= 4 is 23.4 Å². The Kier molecular flexibility index (Phi) is 4.44. The number of nitrogens with zero attached hydrogens (tertiary/aromatic N) is 1. The fourth-order valence-electron chi connectivity index (χ4n) is 1.71. The molecule has 0 aromatic heterocycles. The molecule has 0 atom stereocenters. The molecule has 0 amide bonds. The van der Waals surface area contributed by atoms with E-state index in [1.54, 1.807) is 12.1 Å². The van der Waals surface area contributed by atoms with E-state index in [9.17, 15) is 14.9 Å². The third-order valence-electron chi connectivity index (χ3n) is 2.69. The number of carboxylic acid groups (broad SMARTS) is 1. The maximum atomic E-state index is 11.2. The largest absolute Gasteiger partial charge is 0.478 e. The number of ether oxygens (including phenoxy) is 1. The van der Waals surface area contributed by atoms with Crippen LogP contribution in [0.25, 0.3) is 0 Å². The van der Waals surface area contributed by atoms with Gasteiger partial charge in [-0.3, -0.25) is 10.1 Å². The Morgan fingerprint density at radius 1 is 1.24 bits per heavy atom. The van der Waals surface area contributed by atoms with Gasteiger partial charge < -0.3 is 9.84 Å². The molecule has 0 heterocycles. The minimum Gasteiger partial charge on any atom is -0.478 e. The number of nitro benzene ring substituents is 1. The monoisotopic (exact) mass is 305 g/mol. The highest BCUT2D eigenvalue weighted by Gasteiger charge is 2.18. The van der Waals surface area contributed by atoms with Crippen LogP contribution in [-0.4, -0.2) is 22.3 Å². The molecule has 2 aromatic rings. The van der Waals surface area contributed by atoms with Crippen molar-refractivity contribution in [3.63, 3.8) is 0 Å². The van der Waals surface area contributed by atoms with Gasteiger partial charge in [0.1, 0.15) is 17.1 Å². The van der Waals surface area contributed by atoms with Gasteiger partial charge in [0.25, 0.3) is 5.69 Å². The number of non-ortho nitro benzene ring substituents is 1. The zero-order valence-corrected chi connectivity index (χ0v) is 11.8. The molecule has 1 N–H and O–H groups in total. The molecule has 0 unspecified atom stereocenters. The Bertz CT molecular complexity index is 702. The number of benzene rings is 2. The van der Waals surface area contributed by atoms with Gasteiger partial charge in [0.05, 0.1) is 4.92 Å². The molecule has 6 nitrogen and oxygen atoms in total. The van der Waals surface area contributed by atoms with Crippen molar-refractivity contribution in [1.82, 2.24) is 0 Å². The maximum absolute atomic E-state index is 11.2. The Labute approximate surface area is 124 Å². The molecule has 0 spiro atoms. The molecule has 0 saturated carbocycles. The average Bonchev–Trinajstić information content (AvgIpc) is 2.47. The third-order valence-corrected chi connectivity index (χ3v) is 3.47. The van der Waals surface area contributed by atoms with Crippen LogP contribution >= 0.6 is 11.8 Å². The summed E-state index contributed by atoms with van der Waals surface area (Å²) in [6.07, 6.45) is 1.87. The number of carbonyl (C=O) groups is 1. The highest BCUT2D eigenvalue weighted by atomic mass is 32.2. The molecule has 0 aliphatic heterocycles. The van der Waals surface area contributed by atoms with Gasteiger partial charge in [0.2, 0.25) is 0 Å². The van der Waals surface area contributed by atoms with Crippen LogP contribution in [0.2, 0.25) is 0 Å². The molecule has 0 saturated heterocycles. The lowest BCUT2D eigenvalue weighted by Gasteiger charge is -2.11. The van der Waals surface area contributed by atoms with E-state index in [4.69, 9.17) is 9.84 Å². The minimum absolute atomic E-state index is 0.0644. The van der Waals surface area contributed by atoms with Crippen molar-refractivity contribution in [1.29, 1.82) is 0 Å². The fourth-order valence-corrected chi connectivity index (χ4v) is 2.23. The zero-order chi connectivity index (χ0) is 15.4. The molecule has 0 aliphatic rings. The lowest BCUT2D eigenvalue weighted by molar-refractivity contribution is -0.384. The molecule has 0 fully saturated rings. The second-order valence-electron chi connectivity index (χ2n) is 4.00. The topological polar surface area (TPSA) is 89.7 Å². The standard InChI is InChI=1S/C14H11NO5S/c1-21-13-5-3-2-4-12(13)20-11-7-6-9(15(18)19)8-10(11)14(16)17/h2-8H,1H3,(H,16,17). The second-order valence-corrected chi connectivity index (χ2v) is 4.84. The van der Waals surface area contributed by atoms with Crippen LogP contribution in [-0.2, 0) is 0 Å². The number of aromatic carboxylic acids is 1. The van der Waals surface area contributed by atoms with Crippen molar-refractivity contribution in [2.75, 3.05) is 6.26 Å². The van der Waals surface area contributed by atoms with E-state index >= 15 is 0 Å². The van der Waals surface area contributed by atoms with Gasteiger partial charge in [-0.15, -0.1) is 11.8 Å². The van der Waals surface area contributed by atoms with Gasteiger partial charge in [-0.2, -0.15) is 0 Å². The van der Waals surface area contributed by atoms with E-state index in [2.05, 4.69) is 0 Å². The summed E-state index contributed by atoms with van der Waals surface area (Å²) in [6.45, 7) is 0. The van der Waals surface area contributed by atoms with Crippen LogP contribution in [0.15, 0.2) is 47.4 Å². The van der Waals surface area contributed by atoms with Crippen LogP contribution in [0.5, 0.6) is 11.5 Å². The summed E-state index contributed by atoms with van der Waals surface area (Å²) in [6, 6.07) is 10.6. The predicted molar refractivity (Wildman–Crippen MR) is 78.4 cm³/mol. The Hall–Kier alpha value is -2.54. The van der Waals surface area contributed by atoms with E-state index < -0.39 is 10.9 Å². The number of hydrogen-bond acceptors (Lipinski definition) is 5. The number of thioether (sulfide) groups is 1. The first-order chi connectivity index (χ1) is 10.0. The van der Waals surface area contributed by atoms with Gasteiger partial charge in [0.15, 0.2) is 0 Å². The summed E-state index contributed by atoms with van der Waals surface area (Å²) in [5, 5.41) is 19.9. The second kappa shape index (κ2) is 6.27. The summed E-state index contributed by atoms with van der Waals surface area (Å²) in [7, 11) is 0. The van der Waals surface area contributed by atoms with Crippen LogP contribution in [0.1, 0.15) is 10.4 Å². The molecule has 21 heavy (non-hydrogen) atoms. The van der Waals surface area contributed by atoms with Crippen molar-refractivity contribution in [3.05, 3.63) is 58.1 Å². The van der Waals surface area contributed by atoms with Crippen molar-refractivity contribution in [2.24, 2.45) is 0 Å². The first-order valence-corrected chi connectivity index (χ1v) is 7.08. The minimum atomic E-state index is -1.28. The van der Waals surface area contributed by atoms with E-state index in [1.165, 1.54) is 23.9 Å². The van der Waals surface area contributed by atoms with Gasteiger partial charge >= 0.3 is 5.97 Å². The Morgan fingerprint density at radius 2 is 1.95 bits per heavy atom. The first kappa shape index (κ1) is 14.9. The molecular formula is C14H11NO5S.